The molecule has 4 aromatic rings. The maximum absolute atomic E-state index is 12.6. The number of aromatic nitrogens is 2. The van der Waals surface area contributed by atoms with Crippen LogP contribution in [0.1, 0.15) is 15.9 Å². The topological polar surface area (TPSA) is 326 Å². The molecule has 0 aliphatic carbocycles. The molecule has 0 radical (unpaired) electrons. The molecule has 0 bridgehead atoms. The number of amides is 1. The largest absolute Gasteiger partial charge is 0.573 e. The summed E-state index contributed by atoms with van der Waals surface area (Å²) in [4.78, 5) is 23.2. The van der Waals surface area contributed by atoms with Gasteiger partial charge in [0.15, 0.2) is 15.9 Å². The summed E-state index contributed by atoms with van der Waals surface area (Å²) < 4.78 is 67.0. The van der Waals surface area contributed by atoms with Crippen LogP contribution in [0.4, 0.5) is 27.3 Å². The van der Waals surface area contributed by atoms with Gasteiger partial charge < -0.3 is 42.2 Å². The molecule has 0 spiro atoms. The Morgan fingerprint density at radius 1 is 0.882 bits per heavy atom. The van der Waals surface area contributed by atoms with Crippen molar-refractivity contribution in [2.75, 3.05) is 12.8 Å². The second kappa shape index (κ2) is 23.3. The van der Waals surface area contributed by atoms with Crippen molar-refractivity contribution in [1.82, 2.24) is 15.1 Å². The fraction of sp³-hybridized carbons (Fsp3) is 0.179. The number of nitrogens with two attached hydrogens (primary N) is 2. The number of benzene rings is 3. The number of aliphatic hydroxyl groups is 1. The van der Waals surface area contributed by atoms with Crippen molar-refractivity contribution in [1.29, 1.82) is 0 Å². The van der Waals surface area contributed by atoms with E-state index in [0.717, 1.165) is 11.8 Å². The van der Waals surface area contributed by atoms with Crippen molar-refractivity contribution in [3.05, 3.63) is 90.0 Å². The zero-order valence-corrected chi connectivity index (χ0v) is 27.1. The Morgan fingerprint density at radius 3 is 1.82 bits per heavy atom. The van der Waals surface area contributed by atoms with E-state index in [0.29, 0.717) is 22.5 Å². The number of alkyl halides is 3. The van der Waals surface area contributed by atoms with Crippen LogP contribution in [-0.4, -0.2) is 87.5 Å². The molecule has 0 saturated carbocycles. The van der Waals surface area contributed by atoms with E-state index in [1.165, 1.54) is 48.5 Å². The van der Waals surface area contributed by atoms with E-state index >= 15 is 0 Å². The minimum Gasteiger partial charge on any atom is -0.479 e. The Hall–Kier alpha value is -5.14. The second-order valence-electron chi connectivity index (χ2n) is 9.20. The van der Waals surface area contributed by atoms with Gasteiger partial charge in [-0.05, 0) is 65.7 Å². The lowest BCUT2D eigenvalue weighted by Gasteiger charge is -2.10. The Kier molecular flexibility index (Phi) is 25.3. The third-order valence-corrected chi connectivity index (χ3v) is 7.16. The van der Waals surface area contributed by atoms with Crippen LogP contribution in [0.5, 0.6) is 5.75 Å². The summed E-state index contributed by atoms with van der Waals surface area (Å²) in [5.41, 5.74) is 3.11. The van der Waals surface area contributed by atoms with Crippen LogP contribution < -0.4 is 21.7 Å². The van der Waals surface area contributed by atoms with Gasteiger partial charge in [-0.15, -0.1) is 13.2 Å². The zero-order valence-electron chi connectivity index (χ0n) is 26.2. The molecule has 1 atom stereocenters. The molecule has 290 valence electrons. The summed E-state index contributed by atoms with van der Waals surface area (Å²) in [6, 6.07) is 19.4. The Bertz CT molecular complexity index is 1710. The average Bonchev–Trinajstić information content (AvgIpc) is 3.40. The molecule has 1 heterocycles. The third kappa shape index (κ3) is 15.5. The monoisotopic (exact) mass is 767 g/mol. The number of carbonyl (C=O) groups excluding carboxylic acids is 1. The highest BCUT2D eigenvalue weighted by Crippen LogP contribution is 2.30. The van der Waals surface area contributed by atoms with E-state index in [2.05, 4.69) is 26.8 Å². The van der Waals surface area contributed by atoms with Crippen molar-refractivity contribution in [3.8, 4) is 28.3 Å². The quantitative estimate of drug-likeness (QED) is 0.0798. The van der Waals surface area contributed by atoms with Gasteiger partial charge >= 0.3 is 12.3 Å². The summed E-state index contributed by atoms with van der Waals surface area (Å²) in [7, 11) is -3.43. The first-order valence-electron chi connectivity index (χ1n) is 12.6. The molecule has 0 aliphatic heterocycles. The van der Waals surface area contributed by atoms with Gasteiger partial charge in [0.25, 0.3) is 5.91 Å². The number of sulfone groups is 1. The molecule has 51 heavy (non-hydrogen) atoms. The summed E-state index contributed by atoms with van der Waals surface area (Å²) in [6.07, 6.45) is -5.47. The average molecular weight is 768 g/mol. The Labute approximate surface area is 285 Å². The van der Waals surface area contributed by atoms with Crippen LogP contribution in [0.3, 0.4) is 0 Å². The van der Waals surface area contributed by atoms with E-state index < -0.39 is 40.7 Å². The number of carboxylic acid groups (broad SMARTS) is 1. The predicted octanol–water partition coefficient (Wildman–Crippen LogP) is -0.280. The molecule has 1 unspecified atom stereocenters. The molecule has 4 rings (SSSR count). The number of carbonyl (C=O) groups is 2. The SMILES string of the molecule is CS(=O)(=O)c1ccc(-c2cc(-c3ccc(OC(F)(F)F)cc3)nn2Cc2ccc(C(=O)NCC(O)C(=O)O)cc2)cc1.F.F.F.NN.O.O.O.O. The van der Waals surface area contributed by atoms with Crippen LogP contribution in [0, 0.1) is 0 Å². The highest BCUT2D eigenvalue weighted by Gasteiger charge is 2.31. The summed E-state index contributed by atoms with van der Waals surface area (Å²) >= 11 is 0. The number of halogens is 6. The Morgan fingerprint density at radius 2 is 1.37 bits per heavy atom. The highest BCUT2D eigenvalue weighted by atomic mass is 32.2. The van der Waals surface area contributed by atoms with Crippen LogP contribution in [0.15, 0.2) is 83.8 Å². The molecule has 23 heteroatoms. The molecular formula is C28H39F6N5O11S. The smallest absolute Gasteiger partial charge is 0.479 e. The van der Waals surface area contributed by atoms with Gasteiger partial charge in [-0.25, -0.2) is 13.2 Å². The van der Waals surface area contributed by atoms with Crippen LogP contribution in [0.25, 0.3) is 22.5 Å². The molecule has 15 N–H and O–H groups in total. The molecular weight excluding hydrogens is 728 g/mol. The van der Waals surface area contributed by atoms with E-state index in [-0.39, 0.29) is 58.8 Å². The van der Waals surface area contributed by atoms with E-state index in [1.54, 1.807) is 35.0 Å². The number of hydrogen-bond acceptors (Lipinski definition) is 9. The van der Waals surface area contributed by atoms with Crippen molar-refractivity contribution in [2.45, 2.75) is 23.9 Å². The number of nitrogens with zero attached hydrogens (tertiary/aromatic N) is 2. The fourth-order valence-corrected chi connectivity index (χ4v) is 4.55. The minimum absolute atomic E-state index is 0. The summed E-state index contributed by atoms with van der Waals surface area (Å²) in [6.45, 7) is -0.255. The van der Waals surface area contributed by atoms with Crippen molar-refractivity contribution < 1.29 is 82.1 Å². The number of aliphatic carboxylic acids is 1. The van der Waals surface area contributed by atoms with Crippen LogP contribution in [0.2, 0.25) is 0 Å². The first-order valence-corrected chi connectivity index (χ1v) is 14.4. The van der Waals surface area contributed by atoms with Gasteiger partial charge in [0.05, 0.1) is 29.4 Å². The molecule has 0 saturated heterocycles. The molecule has 1 aromatic heterocycles. The van der Waals surface area contributed by atoms with Gasteiger partial charge in [0.1, 0.15) is 5.75 Å². The second-order valence-corrected chi connectivity index (χ2v) is 11.2. The summed E-state index contributed by atoms with van der Waals surface area (Å²) in [5, 5.41) is 25.0. The standard InChI is InChI=1S/C28H24F3N3O7S.3FH.H4N2.4H2O/c1-42(39,40)22-12-8-19(9-13-22)24-14-23(18-6-10-21(11-7-18)41-28(29,30)31)33-34(24)16-17-2-4-20(5-3-17)26(36)32-15-25(35)27(37)38;;;;1-2;;;;/h2-14,25,35H,15-16H2,1H3,(H,32,36)(H,37,38);3*1H;1-2H2;4*1H2. The molecule has 0 aliphatic rings. The van der Waals surface area contributed by atoms with Gasteiger partial charge in [0, 0.05) is 17.4 Å². The number of nitrogens with one attached hydrogen (secondary N) is 1. The van der Waals surface area contributed by atoms with E-state index in [4.69, 9.17) is 5.11 Å². The van der Waals surface area contributed by atoms with Gasteiger partial charge in [-0.1, -0.05) is 24.3 Å². The first kappa shape index (κ1) is 55.3. The van der Waals surface area contributed by atoms with Crippen LogP contribution >= 0.6 is 0 Å². The number of rotatable bonds is 10. The van der Waals surface area contributed by atoms with Crippen LogP contribution in [-0.2, 0) is 21.2 Å². The van der Waals surface area contributed by atoms with Gasteiger partial charge in [-0.3, -0.25) is 35.3 Å². The normalized spacial score (nSPS) is 10.4. The lowest BCUT2D eigenvalue weighted by molar-refractivity contribution is -0.274. The number of aliphatic hydroxyl groups excluding tert-OH is 1. The highest BCUT2D eigenvalue weighted by molar-refractivity contribution is 7.90. The lowest BCUT2D eigenvalue weighted by atomic mass is 10.1. The maximum Gasteiger partial charge on any atom is 0.573 e. The fourth-order valence-electron chi connectivity index (χ4n) is 3.92. The van der Waals surface area contributed by atoms with Crippen molar-refractivity contribution >= 4 is 21.7 Å². The van der Waals surface area contributed by atoms with Crippen molar-refractivity contribution in [2.24, 2.45) is 11.7 Å². The number of hydrogen-bond donors (Lipinski definition) is 5. The predicted molar refractivity (Wildman–Crippen MR) is 175 cm³/mol. The minimum atomic E-state index is -4.83. The summed E-state index contributed by atoms with van der Waals surface area (Å²) in [5.74, 6) is 5.58. The number of hydrazine groups is 1. The van der Waals surface area contributed by atoms with Gasteiger partial charge in [0.2, 0.25) is 0 Å². The third-order valence-electron chi connectivity index (χ3n) is 6.03. The van der Waals surface area contributed by atoms with Gasteiger partial charge in [-0.2, -0.15) is 5.10 Å². The molecule has 16 nitrogen and oxygen atoms in total. The van der Waals surface area contributed by atoms with E-state index in [1.807, 2.05) is 0 Å². The Balaban J connectivity index is -0.000000770. The molecule has 1 amide bonds. The molecule has 0 fully saturated rings. The first-order chi connectivity index (χ1) is 20.7. The molecule has 3 aromatic carbocycles. The maximum atomic E-state index is 12.6. The van der Waals surface area contributed by atoms with Crippen molar-refractivity contribution in [3.63, 3.8) is 0 Å². The number of ether oxygens (including phenoxy) is 1. The van der Waals surface area contributed by atoms with E-state index in [9.17, 15) is 36.3 Å². The lowest BCUT2D eigenvalue weighted by Crippen LogP contribution is -2.36. The zero-order chi connectivity index (χ0) is 32.7. The number of carboxylic acids is 1.